The van der Waals surface area contributed by atoms with E-state index in [1.165, 1.54) is 11.3 Å². The molecule has 3 aromatic rings. The van der Waals surface area contributed by atoms with Crippen LogP contribution in [0.3, 0.4) is 0 Å². The fourth-order valence-corrected chi connectivity index (χ4v) is 4.57. The fourth-order valence-electron chi connectivity index (χ4n) is 4.57. The van der Waals surface area contributed by atoms with E-state index in [4.69, 9.17) is 5.84 Å². The van der Waals surface area contributed by atoms with Gasteiger partial charge in [0.2, 0.25) is 0 Å². The molecule has 3 heterocycles. The summed E-state index contributed by atoms with van der Waals surface area (Å²) in [6.07, 6.45) is 3.28. The highest BCUT2D eigenvalue weighted by molar-refractivity contribution is 5.85. The molecule has 168 valence electrons. The summed E-state index contributed by atoms with van der Waals surface area (Å²) < 4.78 is 1.84. The number of pyridine rings is 1. The minimum absolute atomic E-state index is 0.00674. The van der Waals surface area contributed by atoms with E-state index in [-0.39, 0.29) is 17.4 Å². The largest absolute Gasteiger partial charge is 0.508 e. The van der Waals surface area contributed by atoms with Gasteiger partial charge in [-0.1, -0.05) is 30.3 Å². The number of hydrazine groups is 2. The molecule has 2 aromatic carbocycles. The zero-order chi connectivity index (χ0) is 23.3. The molecule has 8 heteroatoms. The number of hydrogen-bond acceptors (Lipinski definition) is 7. The van der Waals surface area contributed by atoms with Crippen molar-refractivity contribution in [2.24, 2.45) is 10.8 Å². The van der Waals surface area contributed by atoms with Gasteiger partial charge in [-0.05, 0) is 49.9 Å². The number of phenols is 1. The molecule has 0 bridgehead atoms. The van der Waals surface area contributed by atoms with Crippen molar-refractivity contribution in [3.05, 3.63) is 93.3 Å². The van der Waals surface area contributed by atoms with E-state index in [0.29, 0.717) is 6.54 Å². The normalized spacial score (nSPS) is 15.4. The van der Waals surface area contributed by atoms with Crippen LogP contribution in [0, 0.1) is 6.92 Å². The molecule has 0 amide bonds. The van der Waals surface area contributed by atoms with Crippen LogP contribution in [0.25, 0.3) is 16.5 Å². The van der Waals surface area contributed by atoms with Gasteiger partial charge in [-0.3, -0.25) is 20.2 Å². The summed E-state index contributed by atoms with van der Waals surface area (Å²) in [5.41, 5.74) is 8.33. The van der Waals surface area contributed by atoms with Gasteiger partial charge >= 0.3 is 0 Å². The van der Waals surface area contributed by atoms with Crippen LogP contribution in [0.2, 0.25) is 0 Å². The second-order valence-corrected chi connectivity index (χ2v) is 8.60. The quantitative estimate of drug-likeness (QED) is 0.536. The molecule has 0 aliphatic carbocycles. The molecule has 0 unspecified atom stereocenters. The zero-order valence-corrected chi connectivity index (χ0v) is 18.8. The molecule has 33 heavy (non-hydrogen) atoms. The summed E-state index contributed by atoms with van der Waals surface area (Å²) in [5, 5.41) is 15.1. The average molecular weight is 443 g/mol. The van der Waals surface area contributed by atoms with Gasteiger partial charge in [-0.25, -0.2) is 10.8 Å². The molecule has 4 N–H and O–H groups in total. The van der Waals surface area contributed by atoms with Crippen LogP contribution in [0.5, 0.6) is 5.75 Å². The van der Waals surface area contributed by atoms with Crippen LogP contribution < -0.4 is 16.8 Å². The van der Waals surface area contributed by atoms with E-state index in [0.717, 1.165) is 44.7 Å². The molecule has 2 aliphatic rings. The fraction of sp³-hybridized carbons (Fsp3) is 0.200. The van der Waals surface area contributed by atoms with E-state index >= 15 is 0 Å². The highest BCUT2D eigenvalue weighted by Gasteiger charge is 2.32. The van der Waals surface area contributed by atoms with Crippen LogP contribution in [0.15, 0.2) is 75.9 Å². The predicted molar refractivity (Wildman–Crippen MR) is 130 cm³/mol. The van der Waals surface area contributed by atoms with Crippen molar-refractivity contribution < 1.29 is 5.11 Å². The number of aryl methyl sites for hydroxylation is 1. The first kappa shape index (κ1) is 20.8. The summed E-state index contributed by atoms with van der Waals surface area (Å²) in [4.78, 5) is 17.7. The molecule has 0 radical (unpaired) electrons. The van der Waals surface area contributed by atoms with Crippen LogP contribution in [-0.2, 0) is 6.54 Å². The second-order valence-electron chi connectivity index (χ2n) is 8.60. The topological polar surface area (TPSA) is 99.1 Å². The van der Waals surface area contributed by atoms with Gasteiger partial charge in [-0.2, -0.15) is 0 Å². The molecule has 0 saturated carbocycles. The molecule has 2 aliphatic heterocycles. The number of aromatic hydroxyl groups is 1. The summed E-state index contributed by atoms with van der Waals surface area (Å²) in [6, 6.07) is 15.0. The Morgan fingerprint density at radius 2 is 1.94 bits per heavy atom. The molecule has 8 nitrogen and oxygen atoms in total. The van der Waals surface area contributed by atoms with Gasteiger partial charge in [-0.15, -0.1) is 0 Å². The Balaban J connectivity index is 1.61. The van der Waals surface area contributed by atoms with Gasteiger partial charge in [0.15, 0.2) is 0 Å². The van der Waals surface area contributed by atoms with Crippen LogP contribution in [0.1, 0.15) is 36.7 Å². The van der Waals surface area contributed by atoms with E-state index in [1.807, 2.05) is 54.6 Å². The first-order valence-electron chi connectivity index (χ1n) is 10.8. The molecule has 0 fully saturated rings. The van der Waals surface area contributed by atoms with E-state index < -0.39 is 0 Å². The standard InChI is InChI=1S/C25H26N6O2/c1-15(2)31-19(10-17-7-4-6-16(3)22(17)25(31)33)13-30-21-12-27-14-29(26)24(21)23(28-30)18-8-5-9-20(32)11-18/h4-12,14-15,28,32H,13,26H2,1-3H3. The van der Waals surface area contributed by atoms with Gasteiger partial charge in [0, 0.05) is 17.3 Å². The first-order chi connectivity index (χ1) is 15.8. The number of aromatic nitrogens is 1. The smallest absolute Gasteiger partial charge is 0.259 e. The van der Waals surface area contributed by atoms with E-state index in [2.05, 4.69) is 16.5 Å². The van der Waals surface area contributed by atoms with Crippen molar-refractivity contribution in [2.45, 2.75) is 33.4 Å². The molecule has 0 saturated heterocycles. The Hall–Kier alpha value is -4.04. The Labute approximate surface area is 191 Å². The van der Waals surface area contributed by atoms with Crippen molar-refractivity contribution in [2.75, 3.05) is 0 Å². The maximum Gasteiger partial charge on any atom is 0.259 e. The maximum absolute atomic E-state index is 13.5. The third-order valence-corrected chi connectivity index (χ3v) is 6.00. The lowest BCUT2D eigenvalue weighted by Gasteiger charge is -2.27. The molecule has 5 rings (SSSR count). The van der Waals surface area contributed by atoms with Crippen molar-refractivity contribution in [1.82, 2.24) is 20.0 Å². The number of fused-ring (bicyclic) bond motifs is 2. The minimum atomic E-state index is -0.0126. The second kappa shape index (κ2) is 7.83. The molecular formula is C25H26N6O2. The highest BCUT2D eigenvalue weighted by atomic mass is 16.3. The van der Waals surface area contributed by atoms with Gasteiger partial charge in [0.25, 0.3) is 5.56 Å². The van der Waals surface area contributed by atoms with E-state index in [1.54, 1.807) is 24.4 Å². The average Bonchev–Trinajstić information content (AvgIpc) is 3.13. The van der Waals surface area contributed by atoms with E-state index in [9.17, 15) is 9.90 Å². The third-order valence-electron chi connectivity index (χ3n) is 6.00. The number of rotatable bonds is 4. The minimum Gasteiger partial charge on any atom is -0.508 e. The SMILES string of the molecule is Cc1cccc2cc(CN3NC(c4cccc(O)c4)=C4C3=CN=CN4N)n(C(C)C)c(=O)c12. The van der Waals surface area contributed by atoms with Crippen LogP contribution in [-0.4, -0.2) is 26.0 Å². The zero-order valence-electron chi connectivity index (χ0n) is 18.8. The van der Waals surface area contributed by atoms with Crippen molar-refractivity contribution in [3.8, 4) is 5.75 Å². The number of nitrogens with one attached hydrogen (secondary N) is 1. The number of aliphatic imine (C=N–C) groups is 1. The lowest BCUT2D eigenvalue weighted by Crippen LogP contribution is -2.36. The van der Waals surface area contributed by atoms with Gasteiger partial charge in [0.05, 0.1) is 23.8 Å². The Morgan fingerprint density at radius 3 is 2.70 bits per heavy atom. The lowest BCUT2D eigenvalue weighted by atomic mass is 10.1. The predicted octanol–water partition coefficient (Wildman–Crippen LogP) is 3.34. The maximum atomic E-state index is 13.5. The summed E-state index contributed by atoms with van der Waals surface area (Å²) in [7, 11) is 0. The molecular weight excluding hydrogens is 416 g/mol. The summed E-state index contributed by atoms with van der Waals surface area (Å²) in [6.45, 7) is 6.41. The Kier molecular flexibility index (Phi) is 4.94. The lowest BCUT2D eigenvalue weighted by molar-refractivity contribution is 0.290. The number of nitrogens with zero attached hydrogens (tertiary/aromatic N) is 4. The summed E-state index contributed by atoms with van der Waals surface area (Å²) in [5.74, 6) is 6.40. The Morgan fingerprint density at radius 1 is 1.15 bits per heavy atom. The molecule has 0 spiro atoms. The van der Waals surface area contributed by atoms with Crippen LogP contribution >= 0.6 is 0 Å². The van der Waals surface area contributed by atoms with Crippen molar-refractivity contribution >= 4 is 22.8 Å². The number of phenolic OH excluding ortho intramolecular Hbond substituents is 1. The van der Waals surface area contributed by atoms with Crippen molar-refractivity contribution in [1.29, 1.82) is 0 Å². The van der Waals surface area contributed by atoms with Crippen molar-refractivity contribution in [3.63, 3.8) is 0 Å². The van der Waals surface area contributed by atoms with Gasteiger partial charge < -0.3 is 9.67 Å². The Bertz CT molecular complexity index is 1420. The number of benzene rings is 2. The first-order valence-corrected chi connectivity index (χ1v) is 10.8. The third kappa shape index (κ3) is 3.44. The molecule has 1 aromatic heterocycles. The van der Waals surface area contributed by atoms with Gasteiger partial charge in [0.1, 0.15) is 23.5 Å². The monoisotopic (exact) mass is 442 g/mol. The van der Waals surface area contributed by atoms with Crippen LogP contribution in [0.4, 0.5) is 0 Å². The highest BCUT2D eigenvalue weighted by Crippen LogP contribution is 2.35. The number of hydrogen-bond donors (Lipinski definition) is 3. The molecule has 0 atom stereocenters. The summed E-state index contributed by atoms with van der Waals surface area (Å²) >= 11 is 0. The number of nitrogens with two attached hydrogens (primary N) is 1.